The minimum Gasteiger partial charge on any atom is -0.258 e. The molecule has 1 aromatic carbocycles. The number of hydrogen-bond acceptors (Lipinski definition) is 6. The third-order valence-electron chi connectivity index (χ3n) is 2.29. The maximum atomic E-state index is 10.8. The van der Waals surface area contributed by atoms with Crippen LogP contribution in [0.15, 0.2) is 12.1 Å². The summed E-state index contributed by atoms with van der Waals surface area (Å²) in [6, 6.07) is 1.50. The van der Waals surface area contributed by atoms with Gasteiger partial charge in [-0.2, -0.15) is 0 Å². The van der Waals surface area contributed by atoms with Gasteiger partial charge in [0.1, 0.15) is 5.56 Å². The fourth-order valence-corrected chi connectivity index (χ4v) is 1.56. The highest BCUT2D eigenvalue weighted by molar-refractivity contribution is 5.60. The maximum absolute atomic E-state index is 10.8. The number of non-ortho nitro benzene ring substituents is 1. The Morgan fingerprint density at radius 3 is 1.67 bits per heavy atom. The largest absolute Gasteiger partial charge is 0.286 e. The van der Waals surface area contributed by atoms with Crippen LogP contribution < -0.4 is 0 Å². The lowest BCUT2D eigenvalue weighted by Gasteiger charge is -2.02. The topological polar surface area (TPSA) is 129 Å². The van der Waals surface area contributed by atoms with Crippen molar-refractivity contribution in [2.75, 3.05) is 0 Å². The second kappa shape index (κ2) is 5.17. The summed E-state index contributed by atoms with van der Waals surface area (Å²) in [5.41, 5.74) is -1.91. The number of nitro benzene ring substituents is 3. The quantitative estimate of drug-likeness (QED) is 0.586. The lowest BCUT2D eigenvalue weighted by molar-refractivity contribution is -0.404. The van der Waals surface area contributed by atoms with Gasteiger partial charge in [0.05, 0.1) is 26.9 Å². The van der Waals surface area contributed by atoms with Crippen LogP contribution in [0, 0.1) is 30.3 Å². The zero-order valence-electron chi connectivity index (χ0n) is 9.36. The van der Waals surface area contributed by atoms with E-state index in [0.717, 1.165) is 12.1 Å². The molecular formula is C9H9N3O6. The molecule has 1 rings (SSSR count). The molecule has 0 spiro atoms. The first-order valence-electron chi connectivity index (χ1n) is 4.98. The molecule has 0 heterocycles. The van der Waals surface area contributed by atoms with Gasteiger partial charge in [-0.1, -0.05) is 13.3 Å². The molecule has 0 atom stereocenters. The molecule has 0 aliphatic rings. The fraction of sp³-hybridized carbons (Fsp3) is 0.333. The number of benzene rings is 1. The van der Waals surface area contributed by atoms with Crippen LogP contribution in [-0.4, -0.2) is 14.8 Å². The number of rotatable bonds is 5. The van der Waals surface area contributed by atoms with E-state index in [1.54, 1.807) is 6.92 Å². The first kappa shape index (κ1) is 13.5. The summed E-state index contributed by atoms with van der Waals surface area (Å²) in [4.78, 5) is 29.6. The molecule has 0 N–H and O–H groups in total. The van der Waals surface area contributed by atoms with Gasteiger partial charge >= 0.3 is 0 Å². The van der Waals surface area contributed by atoms with Crippen molar-refractivity contribution < 1.29 is 14.8 Å². The zero-order valence-corrected chi connectivity index (χ0v) is 9.36. The molecule has 0 aliphatic heterocycles. The smallest absolute Gasteiger partial charge is 0.258 e. The highest BCUT2D eigenvalue weighted by atomic mass is 16.6. The van der Waals surface area contributed by atoms with Crippen molar-refractivity contribution in [2.45, 2.75) is 19.8 Å². The molecule has 0 amide bonds. The summed E-state index contributed by atoms with van der Waals surface area (Å²) in [6.45, 7) is 1.70. The summed E-state index contributed by atoms with van der Waals surface area (Å²) in [6.07, 6.45) is 0.574. The lowest BCUT2D eigenvalue weighted by atomic mass is 10.0. The van der Waals surface area contributed by atoms with Crippen LogP contribution in [0.1, 0.15) is 18.9 Å². The maximum Gasteiger partial charge on any atom is 0.286 e. The SMILES string of the molecule is CCCc1c([N+](=O)[O-])cc([N+](=O)[O-])cc1[N+](=O)[O-]. The summed E-state index contributed by atoms with van der Waals surface area (Å²) >= 11 is 0. The summed E-state index contributed by atoms with van der Waals surface area (Å²) in [5, 5.41) is 32.2. The second-order valence-corrected chi connectivity index (χ2v) is 3.48. The molecule has 0 radical (unpaired) electrons. The lowest BCUT2D eigenvalue weighted by Crippen LogP contribution is -2.03. The van der Waals surface area contributed by atoms with E-state index in [0.29, 0.717) is 6.42 Å². The van der Waals surface area contributed by atoms with Crippen molar-refractivity contribution in [1.82, 2.24) is 0 Å². The van der Waals surface area contributed by atoms with Gasteiger partial charge in [-0.25, -0.2) is 0 Å². The molecule has 9 heteroatoms. The molecular weight excluding hydrogens is 246 g/mol. The van der Waals surface area contributed by atoms with Crippen LogP contribution in [0.5, 0.6) is 0 Å². The number of nitro groups is 3. The Labute approximate surface area is 100 Å². The van der Waals surface area contributed by atoms with Gasteiger partial charge in [0.15, 0.2) is 0 Å². The highest BCUT2D eigenvalue weighted by Crippen LogP contribution is 2.34. The standard InChI is InChI=1S/C9H9N3O6/c1-2-3-7-8(11(15)16)4-6(10(13)14)5-9(7)12(17)18/h4-5H,2-3H2,1H3. The summed E-state index contributed by atoms with van der Waals surface area (Å²) in [5.74, 6) is 0. The molecule has 0 aliphatic carbocycles. The second-order valence-electron chi connectivity index (χ2n) is 3.48. The Hall–Kier alpha value is -2.58. The van der Waals surface area contributed by atoms with E-state index < -0.39 is 31.8 Å². The summed E-state index contributed by atoms with van der Waals surface area (Å²) < 4.78 is 0. The highest BCUT2D eigenvalue weighted by Gasteiger charge is 2.29. The van der Waals surface area contributed by atoms with Gasteiger partial charge in [-0.05, 0) is 6.42 Å². The molecule has 1 aromatic rings. The first-order chi connectivity index (χ1) is 8.38. The van der Waals surface area contributed by atoms with E-state index in [4.69, 9.17) is 0 Å². The molecule has 0 unspecified atom stereocenters. The minimum atomic E-state index is -0.893. The number of hydrogen-bond donors (Lipinski definition) is 0. The van der Waals surface area contributed by atoms with Crippen LogP contribution in [0.3, 0.4) is 0 Å². The normalized spacial score (nSPS) is 10.1. The van der Waals surface area contributed by atoms with Crippen LogP contribution in [-0.2, 0) is 6.42 Å². The van der Waals surface area contributed by atoms with Crippen molar-refractivity contribution in [1.29, 1.82) is 0 Å². The Bertz CT molecular complexity index is 492. The van der Waals surface area contributed by atoms with Crippen molar-refractivity contribution in [3.63, 3.8) is 0 Å². The van der Waals surface area contributed by atoms with Gasteiger partial charge in [0.2, 0.25) is 0 Å². The molecule has 0 aromatic heterocycles. The van der Waals surface area contributed by atoms with E-state index in [1.165, 1.54) is 0 Å². The van der Waals surface area contributed by atoms with E-state index in [-0.39, 0.29) is 12.0 Å². The average Bonchev–Trinajstić information content (AvgIpc) is 2.28. The third kappa shape index (κ3) is 2.56. The molecule has 9 nitrogen and oxygen atoms in total. The zero-order chi connectivity index (χ0) is 13.9. The fourth-order valence-electron chi connectivity index (χ4n) is 1.56. The monoisotopic (exact) mass is 255 g/mol. The van der Waals surface area contributed by atoms with Crippen molar-refractivity contribution >= 4 is 17.1 Å². The van der Waals surface area contributed by atoms with Crippen LogP contribution in [0.25, 0.3) is 0 Å². The molecule has 96 valence electrons. The Kier molecular flexibility index (Phi) is 3.87. The minimum absolute atomic E-state index is 0.0851. The van der Waals surface area contributed by atoms with Crippen molar-refractivity contribution in [3.05, 3.63) is 48.0 Å². The predicted molar refractivity (Wildman–Crippen MR) is 60.4 cm³/mol. The van der Waals surface area contributed by atoms with E-state index >= 15 is 0 Å². The van der Waals surface area contributed by atoms with Gasteiger partial charge < -0.3 is 0 Å². The Morgan fingerprint density at radius 1 is 0.944 bits per heavy atom. The molecule has 0 saturated heterocycles. The average molecular weight is 255 g/mol. The summed E-state index contributed by atoms with van der Waals surface area (Å²) in [7, 11) is 0. The number of nitrogens with zero attached hydrogens (tertiary/aromatic N) is 3. The molecule has 0 fully saturated rings. The first-order valence-corrected chi connectivity index (χ1v) is 4.98. The van der Waals surface area contributed by atoms with Crippen LogP contribution >= 0.6 is 0 Å². The third-order valence-corrected chi connectivity index (χ3v) is 2.29. The van der Waals surface area contributed by atoms with Gasteiger partial charge in [0.25, 0.3) is 17.1 Å². The van der Waals surface area contributed by atoms with E-state index in [2.05, 4.69) is 0 Å². The van der Waals surface area contributed by atoms with Crippen molar-refractivity contribution in [2.24, 2.45) is 0 Å². The van der Waals surface area contributed by atoms with Crippen LogP contribution in [0.4, 0.5) is 17.1 Å². The van der Waals surface area contributed by atoms with E-state index in [9.17, 15) is 30.3 Å². The Morgan fingerprint density at radius 2 is 1.39 bits per heavy atom. The molecule has 0 saturated carbocycles. The van der Waals surface area contributed by atoms with Crippen molar-refractivity contribution in [3.8, 4) is 0 Å². The predicted octanol–water partition coefficient (Wildman–Crippen LogP) is 2.36. The van der Waals surface area contributed by atoms with Crippen LogP contribution in [0.2, 0.25) is 0 Å². The van der Waals surface area contributed by atoms with Gasteiger partial charge in [-0.15, -0.1) is 0 Å². The van der Waals surface area contributed by atoms with E-state index in [1.807, 2.05) is 0 Å². The molecule has 0 bridgehead atoms. The Balaban J connectivity index is 3.59. The van der Waals surface area contributed by atoms with Gasteiger partial charge in [-0.3, -0.25) is 30.3 Å². The molecule has 18 heavy (non-hydrogen) atoms. The van der Waals surface area contributed by atoms with Gasteiger partial charge in [0, 0.05) is 0 Å².